The first-order valence-corrected chi connectivity index (χ1v) is 7.34. The number of carbonyl (C=O) groups is 2. The number of ether oxygens (including phenoxy) is 1. The molecule has 114 valence electrons. The van der Waals surface area contributed by atoms with Gasteiger partial charge in [0.05, 0.1) is 6.61 Å². The van der Waals surface area contributed by atoms with Gasteiger partial charge in [-0.2, -0.15) is 0 Å². The molecule has 21 heavy (non-hydrogen) atoms. The van der Waals surface area contributed by atoms with Crippen molar-refractivity contribution in [3.63, 3.8) is 0 Å². The second-order valence-electron chi connectivity index (χ2n) is 5.19. The highest BCUT2D eigenvalue weighted by Crippen LogP contribution is 2.17. The summed E-state index contributed by atoms with van der Waals surface area (Å²) in [5, 5.41) is 0. The summed E-state index contributed by atoms with van der Waals surface area (Å²) in [6, 6.07) is 4.19. The number of ketones is 1. The summed E-state index contributed by atoms with van der Waals surface area (Å²) < 4.78 is 18.7. The van der Waals surface area contributed by atoms with Crippen LogP contribution >= 0.6 is 0 Å². The zero-order valence-corrected chi connectivity index (χ0v) is 12.2. The van der Waals surface area contributed by atoms with Gasteiger partial charge in [-0.3, -0.25) is 9.69 Å². The van der Waals surface area contributed by atoms with Crippen molar-refractivity contribution in [2.75, 3.05) is 19.7 Å². The summed E-state index contributed by atoms with van der Waals surface area (Å²) in [4.78, 5) is 25.3. The highest BCUT2D eigenvalue weighted by atomic mass is 19.1. The second kappa shape index (κ2) is 7.31. The molecule has 5 heteroatoms. The molecule has 0 saturated carbocycles. The van der Waals surface area contributed by atoms with Crippen LogP contribution in [-0.4, -0.2) is 36.3 Å². The molecular formula is C16H20FNO3. The zero-order chi connectivity index (χ0) is 15.2. The number of Topliss-reactive ketones (excluding diaryl/α,β-unsaturated/α-hetero) is 1. The molecule has 0 aliphatic carbocycles. The van der Waals surface area contributed by atoms with E-state index in [-0.39, 0.29) is 12.2 Å². The Kier molecular flexibility index (Phi) is 5.44. The Morgan fingerprint density at radius 3 is 2.57 bits per heavy atom. The molecule has 0 N–H and O–H groups in total. The number of likely N-dealkylation sites (tertiary alicyclic amines) is 1. The summed E-state index contributed by atoms with van der Waals surface area (Å²) >= 11 is 0. The van der Waals surface area contributed by atoms with E-state index in [0.717, 1.165) is 32.0 Å². The SMILES string of the molecule is CCOC(=O)C(=O)c1ccc(CN2CCCCC2)c(F)c1. The summed E-state index contributed by atoms with van der Waals surface area (Å²) in [7, 11) is 0. The lowest BCUT2D eigenvalue weighted by Crippen LogP contribution is -2.29. The predicted octanol–water partition coefficient (Wildman–Crippen LogP) is 2.56. The van der Waals surface area contributed by atoms with Gasteiger partial charge in [0.1, 0.15) is 5.82 Å². The Balaban J connectivity index is 2.06. The van der Waals surface area contributed by atoms with Crippen LogP contribution in [0.4, 0.5) is 4.39 Å². The zero-order valence-electron chi connectivity index (χ0n) is 12.2. The van der Waals surface area contributed by atoms with Crippen LogP contribution in [0.15, 0.2) is 18.2 Å². The maximum atomic E-state index is 14.1. The van der Waals surface area contributed by atoms with Gasteiger partial charge in [0.15, 0.2) is 0 Å². The van der Waals surface area contributed by atoms with Crippen molar-refractivity contribution in [2.24, 2.45) is 0 Å². The fourth-order valence-corrected chi connectivity index (χ4v) is 2.49. The molecular weight excluding hydrogens is 273 g/mol. The summed E-state index contributed by atoms with van der Waals surface area (Å²) in [6.07, 6.45) is 3.51. The third kappa shape index (κ3) is 4.11. The molecule has 1 heterocycles. The lowest BCUT2D eigenvalue weighted by atomic mass is 10.1. The third-order valence-corrected chi connectivity index (χ3v) is 3.62. The molecule has 0 bridgehead atoms. The van der Waals surface area contributed by atoms with E-state index in [9.17, 15) is 14.0 Å². The van der Waals surface area contributed by atoms with Gasteiger partial charge >= 0.3 is 5.97 Å². The van der Waals surface area contributed by atoms with Crippen LogP contribution in [0.2, 0.25) is 0 Å². The highest BCUT2D eigenvalue weighted by molar-refractivity contribution is 6.40. The molecule has 1 saturated heterocycles. The normalized spacial score (nSPS) is 15.7. The van der Waals surface area contributed by atoms with Crippen molar-refractivity contribution in [2.45, 2.75) is 32.7 Å². The average Bonchev–Trinajstić information content (AvgIpc) is 2.50. The predicted molar refractivity (Wildman–Crippen MR) is 76.5 cm³/mol. The molecule has 1 aromatic rings. The summed E-state index contributed by atoms with van der Waals surface area (Å²) in [5.74, 6) is -2.20. The number of hydrogen-bond acceptors (Lipinski definition) is 4. The minimum atomic E-state index is -0.944. The maximum absolute atomic E-state index is 14.1. The van der Waals surface area contributed by atoms with Gasteiger partial charge < -0.3 is 4.74 Å². The molecule has 0 atom stereocenters. The van der Waals surface area contributed by atoms with E-state index in [1.54, 1.807) is 13.0 Å². The quantitative estimate of drug-likeness (QED) is 0.475. The molecule has 0 unspecified atom stereocenters. The van der Waals surface area contributed by atoms with Crippen LogP contribution in [0.25, 0.3) is 0 Å². The first kappa shape index (κ1) is 15.6. The van der Waals surface area contributed by atoms with E-state index < -0.39 is 17.6 Å². The lowest BCUT2D eigenvalue weighted by Gasteiger charge is -2.26. The van der Waals surface area contributed by atoms with E-state index in [1.807, 2.05) is 0 Å². The van der Waals surface area contributed by atoms with Gasteiger partial charge in [-0.05, 0) is 38.9 Å². The molecule has 2 rings (SSSR count). The molecule has 0 aromatic heterocycles. The van der Waals surface area contributed by atoms with Crippen LogP contribution in [0, 0.1) is 5.82 Å². The number of piperidine rings is 1. The highest BCUT2D eigenvalue weighted by Gasteiger charge is 2.19. The number of carbonyl (C=O) groups excluding carboxylic acids is 2. The maximum Gasteiger partial charge on any atom is 0.379 e. The van der Waals surface area contributed by atoms with E-state index in [2.05, 4.69) is 9.64 Å². The van der Waals surface area contributed by atoms with Crippen molar-refractivity contribution in [1.82, 2.24) is 4.90 Å². The van der Waals surface area contributed by atoms with E-state index in [4.69, 9.17) is 0 Å². The monoisotopic (exact) mass is 293 g/mol. The van der Waals surface area contributed by atoms with Gasteiger partial charge in [0.2, 0.25) is 0 Å². The number of hydrogen-bond donors (Lipinski definition) is 0. The molecule has 4 nitrogen and oxygen atoms in total. The second-order valence-corrected chi connectivity index (χ2v) is 5.19. The smallest absolute Gasteiger partial charge is 0.379 e. The largest absolute Gasteiger partial charge is 0.460 e. The fourth-order valence-electron chi connectivity index (χ4n) is 2.49. The Morgan fingerprint density at radius 1 is 1.24 bits per heavy atom. The van der Waals surface area contributed by atoms with Crippen LogP contribution in [0.3, 0.4) is 0 Å². The fraction of sp³-hybridized carbons (Fsp3) is 0.500. The van der Waals surface area contributed by atoms with E-state index in [0.29, 0.717) is 12.1 Å². The molecule has 0 radical (unpaired) electrons. The Bertz CT molecular complexity index is 524. The molecule has 1 aromatic carbocycles. The van der Waals surface area contributed by atoms with Crippen molar-refractivity contribution < 1.29 is 18.7 Å². The number of esters is 1. The molecule has 0 amide bonds. The van der Waals surface area contributed by atoms with Gasteiger partial charge in [0, 0.05) is 17.7 Å². The molecule has 1 aliphatic rings. The van der Waals surface area contributed by atoms with Gasteiger partial charge in [-0.25, -0.2) is 9.18 Å². The summed E-state index contributed by atoms with van der Waals surface area (Å²) in [6.45, 7) is 4.24. The van der Waals surface area contributed by atoms with Crippen LogP contribution in [0.1, 0.15) is 42.1 Å². The topological polar surface area (TPSA) is 46.6 Å². The Hall–Kier alpha value is -1.75. The number of halogens is 1. The molecule has 1 aliphatic heterocycles. The van der Waals surface area contributed by atoms with Gasteiger partial charge in [-0.15, -0.1) is 0 Å². The lowest BCUT2D eigenvalue weighted by molar-refractivity contribution is -0.137. The van der Waals surface area contributed by atoms with E-state index >= 15 is 0 Å². The van der Waals surface area contributed by atoms with Gasteiger partial charge in [0.25, 0.3) is 5.78 Å². The van der Waals surface area contributed by atoms with Crippen molar-refractivity contribution in [3.05, 3.63) is 35.1 Å². The first-order chi connectivity index (χ1) is 10.1. The van der Waals surface area contributed by atoms with Crippen molar-refractivity contribution in [3.8, 4) is 0 Å². The minimum Gasteiger partial charge on any atom is -0.460 e. The summed E-state index contributed by atoms with van der Waals surface area (Å²) in [5.41, 5.74) is 0.589. The minimum absolute atomic E-state index is 0.0355. The number of benzene rings is 1. The van der Waals surface area contributed by atoms with E-state index in [1.165, 1.54) is 12.5 Å². The van der Waals surface area contributed by atoms with Gasteiger partial charge in [-0.1, -0.05) is 18.6 Å². The standard InChI is InChI=1S/C16H20FNO3/c1-2-21-16(20)15(19)12-6-7-13(14(17)10-12)11-18-8-4-3-5-9-18/h6-7,10H,2-5,8-9,11H2,1H3. The van der Waals surface area contributed by atoms with Crippen LogP contribution in [-0.2, 0) is 16.1 Å². The average molecular weight is 293 g/mol. The molecule has 1 fully saturated rings. The third-order valence-electron chi connectivity index (χ3n) is 3.62. The number of rotatable bonds is 5. The Labute approximate surface area is 123 Å². The Morgan fingerprint density at radius 2 is 1.95 bits per heavy atom. The van der Waals surface area contributed by atoms with Crippen molar-refractivity contribution >= 4 is 11.8 Å². The van der Waals surface area contributed by atoms with Crippen molar-refractivity contribution in [1.29, 1.82) is 0 Å². The number of nitrogens with zero attached hydrogens (tertiary/aromatic N) is 1. The van der Waals surface area contributed by atoms with Crippen LogP contribution < -0.4 is 0 Å². The first-order valence-electron chi connectivity index (χ1n) is 7.34. The van der Waals surface area contributed by atoms with Crippen LogP contribution in [0.5, 0.6) is 0 Å². The molecule has 0 spiro atoms.